The van der Waals surface area contributed by atoms with E-state index in [0.717, 1.165) is 57.1 Å². The van der Waals surface area contributed by atoms with Gasteiger partial charge < -0.3 is 10.3 Å². The van der Waals surface area contributed by atoms with Crippen LogP contribution >= 0.6 is 0 Å². The van der Waals surface area contributed by atoms with Crippen molar-refractivity contribution in [3.63, 3.8) is 0 Å². The number of aromatic amines is 1. The minimum atomic E-state index is -4.43. The van der Waals surface area contributed by atoms with Crippen molar-refractivity contribution in [3.05, 3.63) is 48.0 Å². The van der Waals surface area contributed by atoms with Gasteiger partial charge in [0.15, 0.2) is 0 Å². The fraction of sp³-hybridized carbons (Fsp3) is 0.444. The van der Waals surface area contributed by atoms with Gasteiger partial charge in [-0.1, -0.05) is 6.07 Å². The van der Waals surface area contributed by atoms with Crippen molar-refractivity contribution in [1.82, 2.24) is 19.8 Å². The highest BCUT2D eigenvalue weighted by atomic mass is 19.4. The maximum Gasteiger partial charge on any atom is 0.416 e. The van der Waals surface area contributed by atoms with Crippen LogP contribution in [-0.4, -0.2) is 58.4 Å². The van der Waals surface area contributed by atoms with Crippen molar-refractivity contribution in [2.45, 2.75) is 19.1 Å². The number of H-pyrrole nitrogens is 1. The lowest BCUT2D eigenvalue weighted by Crippen LogP contribution is -2.36. The number of alkyl halides is 3. The van der Waals surface area contributed by atoms with Crippen molar-refractivity contribution in [3.8, 4) is 0 Å². The summed E-state index contributed by atoms with van der Waals surface area (Å²) >= 11 is 0. The van der Waals surface area contributed by atoms with Gasteiger partial charge in [0.1, 0.15) is 5.82 Å². The molecule has 1 aliphatic rings. The molecule has 0 spiro atoms. The first-order valence-corrected chi connectivity index (χ1v) is 8.80. The number of nitrogens with zero attached hydrogens (tertiary/aromatic N) is 3. The molecule has 0 unspecified atom stereocenters. The van der Waals surface area contributed by atoms with Crippen LogP contribution in [0.1, 0.15) is 17.8 Å². The summed E-state index contributed by atoms with van der Waals surface area (Å²) in [6.07, 6.45) is -0.00429. The zero-order valence-corrected chi connectivity index (χ0v) is 14.8. The van der Waals surface area contributed by atoms with Gasteiger partial charge in [-0.2, -0.15) is 13.2 Å². The number of amides is 1. The Balaban J connectivity index is 1.49. The third-order valence-corrected chi connectivity index (χ3v) is 4.45. The van der Waals surface area contributed by atoms with E-state index >= 15 is 0 Å². The zero-order valence-electron chi connectivity index (χ0n) is 14.8. The van der Waals surface area contributed by atoms with Gasteiger partial charge in [-0.05, 0) is 37.7 Å². The Morgan fingerprint density at radius 3 is 2.70 bits per heavy atom. The van der Waals surface area contributed by atoms with Gasteiger partial charge in [-0.25, -0.2) is 4.98 Å². The lowest BCUT2D eigenvalue weighted by atomic mass is 10.2. The smallest absolute Gasteiger partial charge is 0.348 e. The zero-order chi connectivity index (χ0) is 19.3. The lowest BCUT2D eigenvalue weighted by Gasteiger charge is -2.21. The SMILES string of the molecule is O=C(CN1CCCN(Cc2ncc[nH]2)CC1)Nc1cccc(C(F)(F)F)c1. The number of hydrogen-bond donors (Lipinski definition) is 2. The molecule has 0 atom stereocenters. The van der Waals surface area contributed by atoms with E-state index in [-0.39, 0.29) is 18.1 Å². The largest absolute Gasteiger partial charge is 0.416 e. The summed E-state index contributed by atoms with van der Waals surface area (Å²) < 4.78 is 38.3. The summed E-state index contributed by atoms with van der Waals surface area (Å²) in [5.74, 6) is 0.597. The van der Waals surface area contributed by atoms with Gasteiger partial charge in [0, 0.05) is 31.2 Å². The summed E-state index contributed by atoms with van der Waals surface area (Å²) in [4.78, 5) is 23.8. The number of carbonyl (C=O) groups excluding carboxylic acids is 1. The monoisotopic (exact) mass is 381 g/mol. The third-order valence-electron chi connectivity index (χ3n) is 4.45. The van der Waals surface area contributed by atoms with Crippen molar-refractivity contribution in [2.75, 3.05) is 38.0 Å². The average molecular weight is 381 g/mol. The first kappa shape index (κ1) is 19.4. The highest BCUT2D eigenvalue weighted by molar-refractivity contribution is 5.92. The number of anilines is 1. The molecule has 1 saturated heterocycles. The van der Waals surface area contributed by atoms with Gasteiger partial charge in [0.05, 0.1) is 18.7 Å². The molecule has 0 bridgehead atoms. The van der Waals surface area contributed by atoms with E-state index in [9.17, 15) is 18.0 Å². The van der Waals surface area contributed by atoms with Crippen LogP contribution in [0.3, 0.4) is 0 Å². The molecule has 2 N–H and O–H groups in total. The molecule has 1 aromatic heterocycles. The summed E-state index contributed by atoms with van der Waals surface area (Å²) in [7, 11) is 0. The first-order valence-electron chi connectivity index (χ1n) is 8.80. The Bertz CT molecular complexity index is 748. The van der Waals surface area contributed by atoms with E-state index in [4.69, 9.17) is 0 Å². The summed E-state index contributed by atoms with van der Waals surface area (Å²) in [5.41, 5.74) is -0.618. The first-order chi connectivity index (χ1) is 12.9. The van der Waals surface area contributed by atoms with Crippen molar-refractivity contribution < 1.29 is 18.0 Å². The molecule has 27 heavy (non-hydrogen) atoms. The van der Waals surface area contributed by atoms with Crippen LogP contribution in [0.4, 0.5) is 18.9 Å². The molecule has 2 aromatic rings. The van der Waals surface area contributed by atoms with Crippen LogP contribution in [-0.2, 0) is 17.5 Å². The van der Waals surface area contributed by atoms with Gasteiger partial charge in [0.25, 0.3) is 0 Å². The Labute approximate surface area is 155 Å². The molecule has 2 heterocycles. The number of imidazole rings is 1. The van der Waals surface area contributed by atoms with E-state index in [1.807, 2.05) is 4.90 Å². The third kappa shape index (κ3) is 5.80. The van der Waals surface area contributed by atoms with E-state index in [1.54, 1.807) is 12.4 Å². The fourth-order valence-electron chi connectivity index (χ4n) is 3.11. The Morgan fingerprint density at radius 1 is 1.19 bits per heavy atom. The lowest BCUT2D eigenvalue weighted by molar-refractivity contribution is -0.137. The molecular formula is C18H22F3N5O. The highest BCUT2D eigenvalue weighted by Gasteiger charge is 2.30. The molecule has 3 rings (SSSR count). The van der Waals surface area contributed by atoms with Gasteiger partial charge in [-0.15, -0.1) is 0 Å². The van der Waals surface area contributed by atoms with Crippen LogP contribution in [0.25, 0.3) is 0 Å². The Morgan fingerprint density at radius 2 is 1.96 bits per heavy atom. The van der Waals surface area contributed by atoms with Crippen molar-refractivity contribution >= 4 is 11.6 Å². The number of rotatable bonds is 5. The quantitative estimate of drug-likeness (QED) is 0.836. The normalized spacial score (nSPS) is 16.9. The second kappa shape index (κ2) is 8.53. The van der Waals surface area contributed by atoms with Gasteiger partial charge in [0.2, 0.25) is 5.91 Å². The van der Waals surface area contributed by atoms with E-state index in [2.05, 4.69) is 20.2 Å². The molecule has 0 radical (unpaired) electrons. The molecule has 0 aliphatic carbocycles. The topological polar surface area (TPSA) is 64.3 Å². The molecule has 1 fully saturated rings. The van der Waals surface area contributed by atoms with Crippen LogP contribution in [0, 0.1) is 0 Å². The number of halogens is 3. The standard InChI is InChI=1S/C18H22F3N5O/c19-18(20,21)14-3-1-4-15(11-14)24-17(27)13-26-8-2-7-25(9-10-26)12-16-22-5-6-23-16/h1,3-6,11H,2,7-10,12-13H2,(H,22,23)(H,24,27). The van der Waals surface area contributed by atoms with Crippen LogP contribution in [0.2, 0.25) is 0 Å². The minimum Gasteiger partial charge on any atom is -0.348 e. The average Bonchev–Trinajstić information content (AvgIpc) is 3.02. The summed E-state index contributed by atoms with van der Waals surface area (Å²) in [6.45, 7) is 4.09. The molecule has 6 nitrogen and oxygen atoms in total. The van der Waals surface area contributed by atoms with Crippen LogP contribution in [0.15, 0.2) is 36.7 Å². The van der Waals surface area contributed by atoms with Gasteiger partial charge >= 0.3 is 6.18 Å². The van der Waals surface area contributed by atoms with Gasteiger partial charge in [-0.3, -0.25) is 14.6 Å². The second-order valence-electron chi connectivity index (χ2n) is 6.57. The maximum atomic E-state index is 12.8. The number of nitrogens with one attached hydrogen (secondary N) is 2. The van der Waals surface area contributed by atoms with Crippen molar-refractivity contribution in [1.29, 1.82) is 0 Å². The minimum absolute atomic E-state index is 0.157. The van der Waals surface area contributed by atoms with E-state index < -0.39 is 11.7 Å². The van der Waals surface area contributed by atoms with Crippen LogP contribution in [0.5, 0.6) is 0 Å². The fourth-order valence-corrected chi connectivity index (χ4v) is 3.11. The number of aromatic nitrogens is 2. The second-order valence-corrected chi connectivity index (χ2v) is 6.57. The maximum absolute atomic E-state index is 12.8. The van der Waals surface area contributed by atoms with Crippen molar-refractivity contribution in [2.24, 2.45) is 0 Å². The molecule has 0 saturated carbocycles. The molecular weight excluding hydrogens is 359 g/mol. The number of hydrogen-bond acceptors (Lipinski definition) is 4. The molecule has 146 valence electrons. The van der Waals surface area contributed by atoms with Crippen LogP contribution < -0.4 is 5.32 Å². The molecule has 1 aliphatic heterocycles. The molecule has 1 aromatic carbocycles. The predicted molar refractivity (Wildman–Crippen MR) is 95.0 cm³/mol. The molecule has 9 heteroatoms. The number of benzene rings is 1. The molecule has 1 amide bonds. The summed E-state index contributed by atoms with van der Waals surface area (Å²) in [6, 6.07) is 4.68. The van der Waals surface area contributed by atoms with E-state index in [0.29, 0.717) is 0 Å². The predicted octanol–water partition coefficient (Wildman–Crippen LogP) is 2.57. The summed E-state index contributed by atoms with van der Waals surface area (Å²) in [5, 5.41) is 2.56. The Kier molecular flexibility index (Phi) is 6.12. The van der Waals surface area contributed by atoms with E-state index in [1.165, 1.54) is 12.1 Å². The number of carbonyl (C=O) groups is 1. The highest BCUT2D eigenvalue weighted by Crippen LogP contribution is 2.30. The Hall–Kier alpha value is -2.39.